The third kappa shape index (κ3) is 3.56. The van der Waals surface area contributed by atoms with Crippen LogP contribution in [0.4, 0.5) is 4.79 Å². The minimum absolute atomic E-state index is 0.0147. The van der Waals surface area contributed by atoms with Crippen LogP contribution in [0.5, 0.6) is 0 Å². The van der Waals surface area contributed by atoms with Crippen molar-refractivity contribution in [2.45, 2.75) is 44.7 Å². The topological polar surface area (TPSA) is 69.6 Å². The number of carboxylic acid groups (broad SMARTS) is 1. The molecule has 1 fully saturated rings. The van der Waals surface area contributed by atoms with Crippen molar-refractivity contribution in [2.75, 3.05) is 7.05 Å². The van der Waals surface area contributed by atoms with Crippen molar-refractivity contribution in [2.24, 2.45) is 5.92 Å². The van der Waals surface area contributed by atoms with E-state index >= 15 is 0 Å². The van der Waals surface area contributed by atoms with Gasteiger partial charge in [0.1, 0.15) is 5.54 Å². The van der Waals surface area contributed by atoms with E-state index in [-0.39, 0.29) is 18.0 Å². The van der Waals surface area contributed by atoms with E-state index in [1.807, 2.05) is 24.4 Å². The molecule has 1 heterocycles. The van der Waals surface area contributed by atoms with Crippen molar-refractivity contribution in [1.29, 1.82) is 0 Å². The minimum Gasteiger partial charge on any atom is -0.480 e. The van der Waals surface area contributed by atoms with E-state index in [2.05, 4.69) is 5.32 Å². The second kappa shape index (κ2) is 6.05. The Kier molecular flexibility index (Phi) is 4.56. The van der Waals surface area contributed by atoms with Gasteiger partial charge in [0.15, 0.2) is 0 Å². The fourth-order valence-corrected chi connectivity index (χ4v) is 3.18. The molecule has 2 unspecified atom stereocenters. The average Bonchev–Trinajstić information content (AvgIpc) is 3.17. The largest absolute Gasteiger partial charge is 0.480 e. The van der Waals surface area contributed by atoms with Gasteiger partial charge in [0.05, 0.1) is 0 Å². The zero-order valence-corrected chi connectivity index (χ0v) is 13.4. The lowest BCUT2D eigenvalue weighted by Crippen LogP contribution is -2.58. The number of carboxylic acids is 1. The fraction of sp³-hybridized carbons (Fsp3) is 0.600. The number of nitrogens with zero attached hydrogens (tertiary/aromatic N) is 1. The summed E-state index contributed by atoms with van der Waals surface area (Å²) in [5, 5.41) is 14.1. The summed E-state index contributed by atoms with van der Waals surface area (Å²) in [6.07, 6.45) is 2.49. The average molecular weight is 310 g/mol. The van der Waals surface area contributed by atoms with E-state index in [0.717, 1.165) is 19.3 Å². The number of carbonyl (C=O) groups excluding carboxylic acids is 1. The SMILES string of the molecule is CC(Cc1cccs1)N(C)C(=O)NC(C)(C(=O)O)C1CC1. The highest BCUT2D eigenvalue weighted by Gasteiger charge is 2.49. The Morgan fingerprint density at radius 3 is 2.71 bits per heavy atom. The van der Waals surface area contributed by atoms with Gasteiger partial charge in [0, 0.05) is 24.4 Å². The second-order valence-corrected chi connectivity index (χ2v) is 6.99. The lowest BCUT2D eigenvalue weighted by Gasteiger charge is -2.31. The fourth-order valence-electron chi connectivity index (χ4n) is 2.36. The molecule has 2 atom stereocenters. The molecule has 1 aliphatic carbocycles. The molecule has 1 aromatic rings. The number of urea groups is 1. The van der Waals surface area contributed by atoms with Crippen LogP contribution in [0.15, 0.2) is 17.5 Å². The quantitative estimate of drug-likeness (QED) is 0.848. The van der Waals surface area contributed by atoms with Crippen LogP contribution < -0.4 is 5.32 Å². The number of nitrogens with one attached hydrogen (secondary N) is 1. The number of amides is 2. The first-order chi connectivity index (χ1) is 9.84. The summed E-state index contributed by atoms with van der Waals surface area (Å²) in [7, 11) is 1.71. The Bertz CT molecular complexity index is 513. The van der Waals surface area contributed by atoms with Crippen LogP contribution in [-0.2, 0) is 11.2 Å². The Morgan fingerprint density at radius 1 is 1.57 bits per heavy atom. The molecule has 0 spiro atoms. The van der Waals surface area contributed by atoms with Crippen LogP contribution in [0.3, 0.4) is 0 Å². The number of thiophene rings is 1. The number of hydrogen-bond donors (Lipinski definition) is 2. The summed E-state index contributed by atoms with van der Waals surface area (Å²) in [5.41, 5.74) is -1.16. The lowest BCUT2D eigenvalue weighted by molar-refractivity contribution is -0.144. The first-order valence-electron chi connectivity index (χ1n) is 7.15. The van der Waals surface area contributed by atoms with Gasteiger partial charge in [-0.25, -0.2) is 9.59 Å². The first kappa shape index (κ1) is 15.8. The van der Waals surface area contributed by atoms with Crippen LogP contribution in [0, 0.1) is 5.92 Å². The Morgan fingerprint density at radius 2 is 2.24 bits per heavy atom. The van der Waals surface area contributed by atoms with Crippen LogP contribution in [0.1, 0.15) is 31.6 Å². The van der Waals surface area contributed by atoms with Crippen LogP contribution in [0.2, 0.25) is 0 Å². The molecule has 1 aliphatic rings. The maximum Gasteiger partial charge on any atom is 0.329 e. The minimum atomic E-state index is -1.16. The smallest absolute Gasteiger partial charge is 0.329 e. The maximum absolute atomic E-state index is 12.3. The van der Waals surface area contributed by atoms with E-state index in [1.165, 1.54) is 4.88 Å². The highest BCUT2D eigenvalue weighted by atomic mass is 32.1. The van der Waals surface area contributed by atoms with Crippen molar-refractivity contribution in [1.82, 2.24) is 10.2 Å². The zero-order valence-electron chi connectivity index (χ0n) is 12.6. The number of aliphatic carboxylic acids is 1. The monoisotopic (exact) mass is 310 g/mol. The Balaban J connectivity index is 1.96. The van der Waals surface area contributed by atoms with Gasteiger partial charge in [0.25, 0.3) is 0 Å². The van der Waals surface area contributed by atoms with Crippen molar-refractivity contribution in [3.63, 3.8) is 0 Å². The molecule has 2 N–H and O–H groups in total. The van der Waals surface area contributed by atoms with Crippen LogP contribution in [-0.4, -0.2) is 40.6 Å². The van der Waals surface area contributed by atoms with Crippen molar-refractivity contribution in [3.8, 4) is 0 Å². The number of rotatable bonds is 6. The molecule has 5 nitrogen and oxygen atoms in total. The predicted octanol–water partition coefficient (Wildman–Crippen LogP) is 2.57. The standard InChI is InChI=1S/C15H22N2O3S/c1-10(9-12-5-4-8-21-12)17(3)14(20)16-15(2,13(18)19)11-6-7-11/h4-5,8,10-11H,6-7,9H2,1-3H3,(H,16,20)(H,18,19). The summed E-state index contributed by atoms with van der Waals surface area (Å²) < 4.78 is 0. The zero-order chi connectivity index (χ0) is 15.6. The molecule has 2 rings (SSSR count). The molecular weight excluding hydrogens is 288 g/mol. The number of carbonyl (C=O) groups is 2. The van der Waals surface area contributed by atoms with E-state index in [9.17, 15) is 14.7 Å². The van der Waals surface area contributed by atoms with Gasteiger partial charge < -0.3 is 15.3 Å². The highest BCUT2D eigenvalue weighted by molar-refractivity contribution is 7.09. The van der Waals surface area contributed by atoms with E-state index in [0.29, 0.717) is 0 Å². The van der Waals surface area contributed by atoms with E-state index in [1.54, 1.807) is 30.2 Å². The van der Waals surface area contributed by atoms with Gasteiger partial charge >= 0.3 is 12.0 Å². The van der Waals surface area contributed by atoms with Crippen molar-refractivity contribution in [3.05, 3.63) is 22.4 Å². The molecule has 0 radical (unpaired) electrons. The van der Waals surface area contributed by atoms with Crippen molar-refractivity contribution >= 4 is 23.3 Å². The first-order valence-corrected chi connectivity index (χ1v) is 8.03. The predicted molar refractivity (Wildman–Crippen MR) is 82.5 cm³/mol. The third-order valence-corrected chi connectivity index (χ3v) is 5.16. The van der Waals surface area contributed by atoms with Gasteiger partial charge in [-0.05, 0) is 44.1 Å². The molecule has 21 heavy (non-hydrogen) atoms. The summed E-state index contributed by atoms with van der Waals surface area (Å²) in [6, 6.07) is 3.72. The molecule has 0 saturated heterocycles. The molecule has 6 heteroatoms. The van der Waals surface area contributed by atoms with Crippen molar-refractivity contribution < 1.29 is 14.7 Å². The molecule has 1 saturated carbocycles. The Hall–Kier alpha value is -1.56. The molecular formula is C15H22N2O3S. The van der Waals surface area contributed by atoms with Gasteiger partial charge in [-0.3, -0.25) is 0 Å². The molecule has 0 bridgehead atoms. The summed E-state index contributed by atoms with van der Waals surface area (Å²) in [5.74, 6) is -0.919. The van der Waals surface area contributed by atoms with Crippen LogP contribution in [0.25, 0.3) is 0 Å². The Labute approximate surface area is 129 Å². The number of likely N-dealkylation sites (N-methyl/N-ethyl adjacent to an activating group) is 1. The molecule has 1 aromatic heterocycles. The molecule has 0 aromatic carbocycles. The van der Waals surface area contributed by atoms with Crippen LogP contribution >= 0.6 is 11.3 Å². The van der Waals surface area contributed by atoms with Gasteiger partial charge in [-0.2, -0.15) is 0 Å². The maximum atomic E-state index is 12.3. The molecule has 116 valence electrons. The van der Waals surface area contributed by atoms with Gasteiger partial charge in [-0.15, -0.1) is 11.3 Å². The third-order valence-electron chi connectivity index (χ3n) is 4.26. The normalized spacial score (nSPS) is 18.6. The lowest BCUT2D eigenvalue weighted by atomic mass is 9.96. The molecule has 2 amide bonds. The van der Waals surface area contributed by atoms with E-state index in [4.69, 9.17) is 0 Å². The summed E-state index contributed by atoms with van der Waals surface area (Å²) in [4.78, 5) is 26.6. The number of hydrogen-bond acceptors (Lipinski definition) is 3. The summed E-state index contributed by atoms with van der Waals surface area (Å²) in [6.45, 7) is 3.57. The highest BCUT2D eigenvalue weighted by Crippen LogP contribution is 2.39. The summed E-state index contributed by atoms with van der Waals surface area (Å²) >= 11 is 1.66. The second-order valence-electron chi connectivity index (χ2n) is 5.96. The van der Waals surface area contributed by atoms with E-state index < -0.39 is 11.5 Å². The van der Waals surface area contributed by atoms with Gasteiger partial charge in [0.2, 0.25) is 0 Å². The van der Waals surface area contributed by atoms with Gasteiger partial charge in [-0.1, -0.05) is 6.07 Å². The molecule has 0 aliphatic heterocycles.